The molecule has 1 amide bonds. The Morgan fingerprint density at radius 2 is 2.09 bits per heavy atom. The highest BCUT2D eigenvalue weighted by Crippen LogP contribution is 2.08. The Morgan fingerprint density at radius 3 is 2.77 bits per heavy atom. The fourth-order valence-corrected chi connectivity index (χ4v) is 1.99. The first-order chi connectivity index (χ1) is 10.7. The van der Waals surface area contributed by atoms with E-state index in [1.807, 2.05) is 12.1 Å². The van der Waals surface area contributed by atoms with Crippen molar-refractivity contribution in [2.45, 2.75) is 6.54 Å². The largest absolute Gasteiger partial charge is 0.348 e. The number of carbonyl (C=O) groups excluding carboxylic acids is 1. The van der Waals surface area contributed by atoms with Crippen molar-refractivity contribution in [3.05, 3.63) is 78.3 Å². The van der Waals surface area contributed by atoms with Crippen LogP contribution in [0.2, 0.25) is 0 Å². The zero-order valence-corrected chi connectivity index (χ0v) is 11.6. The highest BCUT2D eigenvalue weighted by atomic mass is 19.1. The molecule has 0 atom stereocenters. The SMILES string of the molecule is O=C(NCc1ccc(-n2ccnc2)nc1)c1ccccc1F. The van der Waals surface area contributed by atoms with Gasteiger partial charge in [0.15, 0.2) is 0 Å². The molecule has 2 heterocycles. The number of hydrogen-bond donors (Lipinski definition) is 1. The molecular formula is C16H13FN4O. The second kappa shape index (κ2) is 6.17. The minimum atomic E-state index is -0.534. The topological polar surface area (TPSA) is 59.8 Å². The molecule has 1 aromatic carbocycles. The molecule has 0 saturated carbocycles. The lowest BCUT2D eigenvalue weighted by molar-refractivity contribution is 0.0947. The minimum absolute atomic E-state index is 0.0329. The molecule has 3 aromatic rings. The number of amides is 1. The van der Waals surface area contributed by atoms with Gasteiger partial charge >= 0.3 is 0 Å². The molecule has 6 heteroatoms. The summed E-state index contributed by atoms with van der Waals surface area (Å²) in [6.07, 6.45) is 6.78. The van der Waals surface area contributed by atoms with Gasteiger partial charge in [0.25, 0.3) is 5.91 Å². The van der Waals surface area contributed by atoms with E-state index in [1.54, 1.807) is 41.6 Å². The Hall–Kier alpha value is -3.02. The molecule has 2 aromatic heterocycles. The predicted octanol–water partition coefficient (Wildman–Crippen LogP) is 2.34. The Labute approximate surface area is 126 Å². The molecule has 3 rings (SSSR count). The maximum atomic E-state index is 13.5. The van der Waals surface area contributed by atoms with Crippen LogP contribution in [0.25, 0.3) is 5.82 Å². The lowest BCUT2D eigenvalue weighted by atomic mass is 10.2. The molecule has 5 nitrogen and oxygen atoms in total. The maximum absolute atomic E-state index is 13.5. The third-order valence-electron chi connectivity index (χ3n) is 3.15. The van der Waals surface area contributed by atoms with Crippen molar-refractivity contribution in [1.82, 2.24) is 19.9 Å². The van der Waals surface area contributed by atoms with E-state index in [1.165, 1.54) is 12.1 Å². The number of imidazole rings is 1. The van der Waals surface area contributed by atoms with E-state index in [9.17, 15) is 9.18 Å². The van der Waals surface area contributed by atoms with E-state index in [0.717, 1.165) is 11.4 Å². The first-order valence-electron chi connectivity index (χ1n) is 6.70. The smallest absolute Gasteiger partial charge is 0.254 e. The fourth-order valence-electron chi connectivity index (χ4n) is 1.99. The Bertz CT molecular complexity index is 769. The Balaban J connectivity index is 1.64. The van der Waals surface area contributed by atoms with Crippen LogP contribution < -0.4 is 5.32 Å². The number of halogens is 1. The van der Waals surface area contributed by atoms with Gasteiger partial charge in [-0.1, -0.05) is 18.2 Å². The summed E-state index contributed by atoms with van der Waals surface area (Å²) in [7, 11) is 0. The number of pyridine rings is 1. The van der Waals surface area contributed by atoms with E-state index < -0.39 is 11.7 Å². The first-order valence-corrected chi connectivity index (χ1v) is 6.70. The summed E-state index contributed by atoms with van der Waals surface area (Å²) in [6, 6.07) is 9.56. The molecular weight excluding hydrogens is 283 g/mol. The number of aromatic nitrogens is 3. The summed E-state index contributed by atoms with van der Waals surface area (Å²) in [6.45, 7) is 0.282. The zero-order valence-electron chi connectivity index (χ0n) is 11.6. The third-order valence-corrected chi connectivity index (χ3v) is 3.15. The monoisotopic (exact) mass is 296 g/mol. The minimum Gasteiger partial charge on any atom is -0.348 e. The van der Waals surface area contributed by atoms with Gasteiger partial charge in [-0.25, -0.2) is 14.4 Å². The van der Waals surface area contributed by atoms with Crippen molar-refractivity contribution in [2.24, 2.45) is 0 Å². The number of benzene rings is 1. The van der Waals surface area contributed by atoms with Crippen LogP contribution in [-0.4, -0.2) is 20.4 Å². The van der Waals surface area contributed by atoms with Crippen LogP contribution in [0.5, 0.6) is 0 Å². The van der Waals surface area contributed by atoms with E-state index in [2.05, 4.69) is 15.3 Å². The highest BCUT2D eigenvalue weighted by molar-refractivity contribution is 5.94. The standard InChI is InChI=1S/C16H13FN4O/c17-14-4-2-1-3-13(14)16(22)20-10-12-5-6-15(19-9-12)21-8-7-18-11-21/h1-9,11H,10H2,(H,20,22). The number of carbonyl (C=O) groups is 1. The van der Waals surface area contributed by atoms with E-state index in [4.69, 9.17) is 0 Å². The molecule has 0 saturated heterocycles. The van der Waals surface area contributed by atoms with Gasteiger partial charge in [-0.3, -0.25) is 9.36 Å². The van der Waals surface area contributed by atoms with Gasteiger partial charge in [-0.05, 0) is 23.8 Å². The van der Waals surface area contributed by atoms with Crippen molar-refractivity contribution in [3.8, 4) is 5.82 Å². The third kappa shape index (κ3) is 3.01. The van der Waals surface area contributed by atoms with Crippen LogP contribution in [0.1, 0.15) is 15.9 Å². The van der Waals surface area contributed by atoms with Gasteiger partial charge in [-0.2, -0.15) is 0 Å². The number of hydrogen-bond acceptors (Lipinski definition) is 3. The Morgan fingerprint density at radius 1 is 1.23 bits per heavy atom. The molecule has 1 N–H and O–H groups in total. The molecule has 0 aliphatic rings. The van der Waals surface area contributed by atoms with Crippen molar-refractivity contribution in [3.63, 3.8) is 0 Å². The molecule has 0 spiro atoms. The number of rotatable bonds is 4. The van der Waals surface area contributed by atoms with Crippen LogP contribution >= 0.6 is 0 Å². The average Bonchev–Trinajstić information content (AvgIpc) is 3.08. The summed E-state index contributed by atoms with van der Waals surface area (Å²) in [5, 5.41) is 2.67. The van der Waals surface area contributed by atoms with Crippen LogP contribution in [0.3, 0.4) is 0 Å². The van der Waals surface area contributed by atoms with E-state index in [0.29, 0.717) is 0 Å². The van der Waals surface area contributed by atoms with Crippen LogP contribution in [0.4, 0.5) is 4.39 Å². The molecule has 110 valence electrons. The quantitative estimate of drug-likeness (QED) is 0.804. The summed E-state index contributed by atoms with van der Waals surface area (Å²) >= 11 is 0. The van der Waals surface area contributed by atoms with Crippen molar-refractivity contribution in [1.29, 1.82) is 0 Å². The van der Waals surface area contributed by atoms with Crippen LogP contribution in [-0.2, 0) is 6.54 Å². The first kappa shape index (κ1) is 13.9. The molecule has 0 bridgehead atoms. The van der Waals surface area contributed by atoms with Crippen LogP contribution in [0, 0.1) is 5.82 Å². The van der Waals surface area contributed by atoms with Crippen molar-refractivity contribution < 1.29 is 9.18 Å². The predicted molar refractivity (Wildman–Crippen MR) is 78.9 cm³/mol. The summed E-state index contributed by atoms with van der Waals surface area (Å²) in [5.74, 6) is -0.243. The molecule has 0 unspecified atom stereocenters. The van der Waals surface area contributed by atoms with Gasteiger partial charge in [-0.15, -0.1) is 0 Å². The lowest BCUT2D eigenvalue weighted by Gasteiger charge is -2.07. The van der Waals surface area contributed by atoms with Crippen molar-refractivity contribution in [2.75, 3.05) is 0 Å². The Kier molecular flexibility index (Phi) is 3.91. The molecule has 22 heavy (non-hydrogen) atoms. The van der Waals surface area contributed by atoms with E-state index >= 15 is 0 Å². The second-order valence-electron chi connectivity index (χ2n) is 4.66. The van der Waals surface area contributed by atoms with Gasteiger partial charge in [0, 0.05) is 25.1 Å². The lowest BCUT2D eigenvalue weighted by Crippen LogP contribution is -2.23. The van der Waals surface area contributed by atoms with Gasteiger partial charge in [0.2, 0.25) is 0 Å². The number of nitrogens with zero attached hydrogens (tertiary/aromatic N) is 3. The van der Waals surface area contributed by atoms with Crippen LogP contribution in [0.15, 0.2) is 61.3 Å². The summed E-state index contributed by atoms with van der Waals surface area (Å²) in [5.41, 5.74) is 0.860. The summed E-state index contributed by atoms with van der Waals surface area (Å²) in [4.78, 5) is 20.1. The second-order valence-corrected chi connectivity index (χ2v) is 4.66. The molecule has 0 fully saturated rings. The average molecular weight is 296 g/mol. The van der Waals surface area contributed by atoms with Gasteiger partial charge < -0.3 is 5.32 Å². The molecule has 0 aliphatic heterocycles. The summed E-state index contributed by atoms with van der Waals surface area (Å²) < 4.78 is 15.3. The van der Waals surface area contributed by atoms with Gasteiger partial charge in [0.1, 0.15) is 18.0 Å². The fraction of sp³-hybridized carbons (Fsp3) is 0.0625. The maximum Gasteiger partial charge on any atom is 0.254 e. The normalized spacial score (nSPS) is 10.4. The molecule has 0 radical (unpaired) electrons. The number of nitrogens with one attached hydrogen (secondary N) is 1. The van der Waals surface area contributed by atoms with Crippen molar-refractivity contribution >= 4 is 5.91 Å². The molecule has 0 aliphatic carbocycles. The van der Waals surface area contributed by atoms with Gasteiger partial charge in [0.05, 0.1) is 5.56 Å². The highest BCUT2D eigenvalue weighted by Gasteiger charge is 2.10. The zero-order chi connectivity index (χ0) is 15.4. The van der Waals surface area contributed by atoms with E-state index in [-0.39, 0.29) is 12.1 Å².